The number of nitrogens with zero attached hydrogens (tertiary/aromatic N) is 6. The summed E-state index contributed by atoms with van der Waals surface area (Å²) in [6.45, 7) is 0. The molecule has 2 heterocycles. The first kappa shape index (κ1) is 25.1. The number of hydrogen-bond donors (Lipinski definition) is 0. The second kappa shape index (κ2) is 11.7. The van der Waals surface area contributed by atoms with Crippen LogP contribution in [0, 0.1) is 0 Å². The van der Waals surface area contributed by atoms with E-state index in [2.05, 4.69) is 29.9 Å². The fourth-order valence-electron chi connectivity index (χ4n) is 0.641. The van der Waals surface area contributed by atoms with Gasteiger partial charge >= 0.3 is 69.2 Å². The molecule has 0 aliphatic heterocycles. The van der Waals surface area contributed by atoms with Crippen LogP contribution in [0.2, 0.25) is 0 Å². The Kier molecular flexibility index (Phi) is 14.0. The van der Waals surface area contributed by atoms with E-state index in [0.29, 0.717) is 0 Å². The van der Waals surface area contributed by atoms with Crippen LogP contribution in [-0.4, -0.2) is 69.2 Å². The van der Waals surface area contributed by atoms with Crippen LogP contribution in [-0.2, 0) is 0 Å². The van der Waals surface area contributed by atoms with Crippen molar-refractivity contribution in [3.63, 3.8) is 0 Å². The fraction of sp³-hybridized carbons (Fsp3) is 0. The molecule has 15 heteroatoms. The Labute approximate surface area is 161 Å². The number of rotatable bonds is 0. The predicted molar refractivity (Wildman–Crippen MR) is 67.7 cm³/mol. The second-order valence-corrected chi connectivity index (χ2v) is 2.37. The monoisotopic (exact) mass is 324 g/mol. The van der Waals surface area contributed by atoms with E-state index in [1.807, 2.05) is 0 Å². The summed E-state index contributed by atoms with van der Waals surface area (Å²) in [5, 5.41) is 0. The van der Waals surface area contributed by atoms with Crippen molar-refractivity contribution in [2.75, 3.05) is 0 Å². The van der Waals surface area contributed by atoms with Gasteiger partial charge in [-0.2, -0.15) is 0 Å². The van der Waals surface area contributed by atoms with Crippen LogP contribution in [0.25, 0.3) is 0 Å². The third-order valence-electron chi connectivity index (χ3n) is 1.15. The van der Waals surface area contributed by atoms with Gasteiger partial charge in [-0.15, -0.1) is 0 Å². The summed E-state index contributed by atoms with van der Waals surface area (Å²) in [6.07, 6.45) is 0. The van der Waals surface area contributed by atoms with Gasteiger partial charge in [-0.1, -0.05) is 0 Å². The third kappa shape index (κ3) is 10.5. The summed E-state index contributed by atoms with van der Waals surface area (Å²) in [7, 11) is 0. The standard InChI is InChI=1S/2C3H3N3O3.3Mg/c2*7-1-4-2(8)6-3(9)5-1;;;/h2*(H3,4,5,6,7,8,9);;;/q;;3*+2/p-6. The molecule has 0 fully saturated rings. The average Bonchev–Trinajstić information content (AvgIpc) is 2.12. The van der Waals surface area contributed by atoms with Crippen LogP contribution < -0.4 is 64.0 Å². The molecule has 96 valence electrons. The first-order chi connectivity index (χ1) is 8.36. The Morgan fingerprint density at radius 1 is 0.333 bits per heavy atom. The van der Waals surface area contributed by atoms with Gasteiger partial charge in [0, 0.05) is 0 Å². The van der Waals surface area contributed by atoms with Crippen LogP contribution in [0.15, 0.2) is 28.8 Å². The summed E-state index contributed by atoms with van der Waals surface area (Å²) in [5.41, 5.74) is -6.50. The molecule has 0 atom stereocenters. The molecule has 21 heavy (non-hydrogen) atoms. The largest absolute Gasteiger partial charge is 2.00 e. The molecule has 0 saturated carbocycles. The maximum absolute atomic E-state index is 10.0. The van der Waals surface area contributed by atoms with Crippen molar-refractivity contribution in [2.24, 2.45) is 0 Å². The predicted octanol–water partition coefficient (Wildman–Crippen LogP) is -7.86. The van der Waals surface area contributed by atoms with Crippen molar-refractivity contribution < 1.29 is 0 Å². The van der Waals surface area contributed by atoms with E-state index in [9.17, 15) is 28.8 Å². The molecule has 0 spiro atoms. The van der Waals surface area contributed by atoms with Crippen molar-refractivity contribution in [1.29, 1.82) is 0 Å². The quantitative estimate of drug-likeness (QED) is 0.417. The van der Waals surface area contributed by atoms with Crippen LogP contribution in [0.5, 0.6) is 0 Å². The Morgan fingerprint density at radius 2 is 0.429 bits per heavy atom. The molecule has 2 rings (SSSR count). The molecule has 0 unspecified atom stereocenters. The van der Waals surface area contributed by atoms with Crippen LogP contribution in [0.3, 0.4) is 0 Å². The van der Waals surface area contributed by atoms with E-state index in [1.165, 1.54) is 0 Å². The van der Waals surface area contributed by atoms with Crippen LogP contribution in [0.1, 0.15) is 0 Å². The van der Waals surface area contributed by atoms with Gasteiger partial charge in [0.05, 0.1) is 0 Å². The molecule has 0 radical (unpaired) electrons. The van der Waals surface area contributed by atoms with Gasteiger partial charge in [-0.05, 0) is 34.1 Å². The van der Waals surface area contributed by atoms with Crippen molar-refractivity contribution in [3.05, 3.63) is 62.9 Å². The van der Waals surface area contributed by atoms with Crippen LogP contribution >= 0.6 is 0 Å². The molecule has 0 bridgehead atoms. The topological polar surface area (TPSA) is 187 Å². The summed E-state index contributed by atoms with van der Waals surface area (Å²) in [4.78, 5) is 76.5. The van der Waals surface area contributed by atoms with Gasteiger partial charge in [0.1, 0.15) is 0 Å². The van der Waals surface area contributed by atoms with Crippen molar-refractivity contribution in [3.8, 4) is 0 Å². The Morgan fingerprint density at radius 3 is 0.524 bits per heavy atom. The molecule has 0 aliphatic rings. The average molecular weight is 325 g/mol. The van der Waals surface area contributed by atoms with E-state index >= 15 is 0 Å². The minimum Gasteiger partial charge on any atom is -0.628 e. The number of hydrogen-bond acceptors (Lipinski definition) is 6. The molecule has 2 aromatic rings. The van der Waals surface area contributed by atoms with Gasteiger partial charge in [0.25, 0.3) is 0 Å². The molecule has 2 aromatic heterocycles. The SMILES string of the molecule is O=c1[n-]c(=O)[n-]c(=O)[n-]1.O=c1[n-]c(=O)[n-]c(=O)[n-]1.[Mg+2].[Mg+2].[Mg+2]. The summed E-state index contributed by atoms with van der Waals surface area (Å²) in [5.74, 6) is 0. The zero-order valence-electron chi connectivity index (χ0n) is 10.3. The summed E-state index contributed by atoms with van der Waals surface area (Å²) in [6, 6.07) is 0. The zero-order valence-corrected chi connectivity index (χ0v) is 14.5. The van der Waals surface area contributed by atoms with Gasteiger partial charge in [0.2, 0.25) is 0 Å². The molecule has 0 aromatic carbocycles. The van der Waals surface area contributed by atoms with Crippen molar-refractivity contribution in [1.82, 2.24) is 29.9 Å². The van der Waals surface area contributed by atoms with Gasteiger partial charge in [-0.3, -0.25) is 0 Å². The summed E-state index contributed by atoms with van der Waals surface area (Å²) < 4.78 is 0. The first-order valence-electron chi connectivity index (χ1n) is 3.91. The van der Waals surface area contributed by atoms with E-state index in [0.717, 1.165) is 0 Å². The number of aromatic nitrogens is 6. The second-order valence-electron chi connectivity index (χ2n) is 2.37. The minimum absolute atomic E-state index is 0. The smallest absolute Gasteiger partial charge is 0.628 e. The van der Waals surface area contributed by atoms with E-state index in [-0.39, 0.29) is 69.2 Å². The van der Waals surface area contributed by atoms with Gasteiger partial charge in [-0.25, -0.2) is 0 Å². The Hall–Kier alpha value is -0.881. The minimum atomic E-state index is -1.08. The summed E-state index contributed by atoms with van der Waals surface area (Å²) >= 11 is 0. The van der Waals surface area contributed by atoms with E-state index < -0.39 is 34.1 Å². The maximum Gasteiger partial charge on any atom is 2.00 e. The molecule has 12 nitrogen and oxygen atoms in total. The zero-order chi connectivity index (χ0) is 13.7. The Balaban J connectivity index is -0.000000270. The molecule has 0 amide bonds. The Bertz CT molecular complexity index is 640. The third-order valence-corrected chi connectivity index (χ3v) is 1.15. The normalized spacial score (nSPS) is 8.00. The fourth-order valence-corrected chi connectivity index (χ4v) is 0.641. The van der Waals surface area contributed by atoms with Crippen LogP contribution in [0.4, 0.5) is 0 Å². The molecular formula is C6Mg3N6O6. The first-order valence-corrected chi connectivity index (χ1v) is 3.91. The van der Waals surface area contributed by atoms with E-state index in [4.69, 9.17) is 0 Å². The maximum atomic E-state index is 10.0. The van der Waals surface area contributed by atoms with Crippen molar-refractivity contribution in [2.45, 2.75) is 0 Å². The molecule has 0 saturated heterocycles. The molecule has 0 N–H and O–H groups in total. The van der Waals surface area contributed by atoms with E-state index in [1.54, 1.807) is 0 Å². The van der Waals surface area contributed by atoms with Crippen molar-refractivity contribution >= 4 is 69.2 Å². The van der Waals surface area contributed by atoms with Gasteiger partial charge in [0.15, 0.2) is 0 Å². The van der Waals surface area contributed by atoms with Gasteiger partial charge < -0.3 is 58.7 Å². The molecule has 0 aliphatic carbocycles. The molecular weight excluding hydrogens is 325 g/mol.